The molecule has 1 heterocycles. The van der Waals surface area contributed by atoms with E-state index in [0.717, 1.165) is 11.4 Å². The zero-order valence-electron chi connectivity index (χ0n) is 18.6. The average Bonchev–Trinajstić information content (AvgIpc) is 2.89. The van der Waals surface area contributed by atoms with Crippen LogP contribution in [0.2, 0.25) is 0 Å². The maximum atomic E-state index is 11.7. The standard InChI is InChI=1S/C20H31NO9S2/c1-16-20(2,7-4-14-31(22,23)24)18-15-17(32(25,26)27)5-6-19(18)21(16)8-9-29-12-13-30-11-10-28-3/h5-6,15H,4,7-14H2,1-3H3,(H-,22,23,24,25,26,27)/p+1. The molecule has 182 valence electrons. The van der Waals surface area contributed by atoms with Crippen molar-refractivity contribution in [1.29, 1.82) is 0 Å². The number of benzene rings is 1. The minimum absolute atomic E-state index is 0.186. The van der Waals surface area contributed by atoms with Gasteiger partial charge in [-0.3, -0.25) is 9.11 Å². The number of nitrogens with zero attached hydrogens (tertiary/aromatic N) is 1. The summed E-state index contributed by atoms with van der Waals surface area (Å²) in [4.78, 5) is -0.226. The Morgan fingerprint density at radius 3 is 2.22 bits per heavy atom. The van der Waals surface area contributed by atoms with Crippen LogP contribution in [0.1, 0.15) is 32.3 Å². The first-order valence-electron chi connectivity index (χ1n) is 10.2. The molecule has 0 saturated heterocycles. The molecule has 0 saturated carbocycles. The van der Waals surface area contributed by atoms with Crippen molar-refractivity contribution in [3.05, 3.63) is 23.8 Å². The first-order valence-corrected chi connectivity index (χ1v) is 13.3. The maximum Gasteiger partial charge on any atom is 0.294 e. The number of hydrogen-bond donors (Lipinski definition) is 2. The van der Waals surface area contributed by atoms with Crippen molar-refractivity contribution in [2.24, 2.45) is 0 Å². The van der Waals surface area contributed by atoms with E-state index in [-0.39, 0.29) is 11.3 Å². The Morgan fingerprint density at radius 1 is 1.00 bits per heavy atom. The molecule has 32 heavy (non-hydrogen) atoms. The molecule has 0 amide bonds. The van der Waals surface area contributed by atoms with Crippen LogP contribution in [0.15, 0.2) is 23.1 Å². The molecule has 1 aliphatic rings. The van der Waals surface area contributed by atoms with Crippen LogP contribution < -0.4 is 0 Å². The molecule has 0 spiro atoms. The molecule has 1 aromatic rings. The molecule has 0 bridgehead atoms. The van der Waals surface area contributed by atoms with Gasteiger partial charge in [-0.2, -0.15) is 21.4 Å². The summed E-state index contributed by atoms with van der Waals surface area (Å²) in [5, 5.41) is 0. The van der Waals surface area contributed by atoms with Gasteiger partial charge in [0, 0.05) is 25.7 Å². The molecule has 2 N–H and O–H groups in total. The molecule has 1 unspecified atom stereocenters. The SMILES string of the molecule is COCCOCCOCC[N+]1=C(C)C(C)(CCCS(=O)(=O)O)c2cc(S(=O)(=O)O)ccc21. The highest BCUT2D eigenvalue weighted by Gasteiger charge is 2.46. The highest BCUT2D eigenvalue weighted by atomic mass is 32.2. The van der Waals surface area contributed by atoms with Gasteiger partial charge in [0.05, 0.1) is 42.5 Å². The van der Waals surface area contributed by atoms with Crippen LogP contribution >= 0.6 is 0 Å². The fourth-order valence-corrected chi connectivity index (χ4v) is 4.87. The van der Waals surface area contributed by atoms with Crippen molar-refractivity contribution < 1.29 is 44.7 Å². The van der Waals surface area contributed by atoms with Gasteiger partial charge < -0.3 is 14.2 Å². The number of rotatable bonds is 14. The molecule has 1 atom stereocenters. The van der Waals surface area contributed by atoms with Gasteiger partial charge in [-0.05, 0) is 31.9 Å². The number of ether oxygens (including phenoxy) is 3. The molecule has 10 nitrogen and oxygen atoms in total. The van der Waals surface area contributed by atoms with Crippen molar-refractivity contribution >= 4 is 31.6 Å². The lowest BCUT2D eigenvalue weighted by atomic mass is 9.76. The van der Waals surface area contributed by atoms with Crippen LogP contribution in [0, 0.1) is 0 Å². The molecule has 12 heteroatoms. The van der Waals surface area contributed by atoms with E-state index in [1.807, 2.05) is 18.4 Å². The molecule has 0 radical (unpaired) electrons. The molecule has 1 aliphatic heterocycles. The smallest absolute Gasteiger partial charge is 0.294 e. The van der Waals surface area contributed by atoms with E-state index in [0.29, 0.717) is 51.6 Å². The highest BCUT2D eigenvalue weighted by molar-refractivity contribution is 7.86. The zero-order chi connectivity index (χ0) is 24.0. The third-order valence-electron chi connectivity index (χ3n) is 5.70. The van der Waals surface area contributed by atoms with E-state index in [2.05, 4.69) is 0 Å². The first kappa shape index (κ1) is 26.8. The van der Waals surface area contributed by atoms with Crippen molar-refractivity contribution in [1.82, 2.24) is 0 Å². The van der Waals surface area contributed by atoms with Crippen molar-refractivity contribution in [3.63, 3.8) is 0 Å². The fourth-order valence-electron chi connectivity index (χ4n) is 3.86. The predicted octanol–water partition coefficient (Wildman–Crippen LogP) is 1.66. The Bertz CT molecular complexity index is 1040. The Labute approximate surface area is 189 Å². The minimum atomic E-state index is -4.40. The quantitative estimate of drug-likeness (QED) is 0.224. The molecular formula is C20H32NO9S2+. The molecule has 2 rings (SSSR count). The van der Waals surface area contributed by atoms with Gasteiger partial charge in [-0.15, -0.1) is 0 Å². The van der Waals surface area contributed by atoms with Gasteiger partial charge >= 0.3 is 0 Å². The molecule has 0 fully saturated rings. The van der Waals surface area contributed by atoms with Crippen LogP contribution in [-0.2, 0) is 39.9 Å². The Hall–Kier alpha value is -1.41. The summed E-state index contributed by atoms with van der Waals surface area (Å²) in [6.45, 7) is 6.54. The van der Waals surface area contributed by atoms with Crippen LogP contribution in [0.25, 0.3) is 0 Å². The summed E-state index contributed by atoms with van der Waals surface area (Å²) >= 11 is 0. The van der Waals surface area contributed by atoms with Gasteiger partial charge in [0.15, 0.2) is 12.3 Å². The normalized spacial score (nSPS) is 18.9. The summed E-state index contributed by atoms with van der Waals surface area (Å²) in [5.41, 5.74) is 1.66. The van der Waals surface area contributed by atoms with Crippen LogP contribution in [-0.4, -0.2) is 88.7 Å². The number of hydrogen-bond acceptors (Lipinski definition) is 7. The average molecular weight is 495 g/mol. The molecular weight excluding hydrogens is 462 g/mol. The van der Waals surface area contributed by atoms with Gasteiger partial charge in [0.2, 0.25) is 5.69 Å². The summed E-state index contributed by atoms with van der Waals surface area (Å²) in [6, 6.07) is 4.39. The summed E-state index contributed by atoms with van der Waals surface area (Å²) in [7, 11) is -6.91. The second-order valence-corrected chi connectivity index (χ2v) is 10.8. The van der Waals surface area contributed by atoms with E-state index in [1.54, 1.807) is 13.2 Å². The van der Waals surface area contributed by atoms with E-state index in [1.165, 1.54) is 12.1 Å². The van der Waals surface area contributed by atoms with Crippen molar-refractivity contribution in [3.8, 4) is 0 Å². The van der Waals surface area contributed by atoms with Crippen LogP contribution in [0.3, 0.4) is 0 Å². The summed E-state index contributed by atoms with van der Waals surface area (Å²) in [6.07, 6.45) is 0.552. The predicted molar refractivity (Wildman–Crippen MR) is 118 cm³/mol. The maximum absolute atomic E-state index is 11.7. The van der Waals surface area contributed by atoms with Gasteiger partial charge in [-0.25, -0.2) is 0 Å². The molecule has 1 aromatic carbocycles. The summed E-state index contributed by atoms with van der Waals surface area (Å²) < 4.78 is 82.1. The third-order valence-corrected chi connectivity index (χ3v) is 7.35. The lowest BCUT2D eigenvalue weighted by Crippen LogP contribution is -2.31. The second-order valence-electron chi connectivity index (χ2n) is 7.83. The minimum Gasteiger partial charge on any atom is -0.382 e. The summed E-state index contributed by atoms with van der Waals surface area (Å²) in [5.74, 6) is -0.393. The van der Waals surface area contributed by atoms with Crippen LogP contribution in [0.5, 0.6) is 0 Å². The Balaban J connectivity index is 2.19. The number of fused-ring (bicyclic) bond motifs is 1. The van der Waals surface area contributed by atoms with Gasteiger partial charge in [0.1, 0.15) is 6.61 Å². The third kappa shape index (κ3) is 7.04. The Kier molecular flexibility index (Phi) is 9.35. The van der Waals surface area contributed by atoms with Gasteiger partial charge in [-0.1, -0.05) is 0 Å². The second kappa shape index (κ2) is 11.1. The molecule has 0 aromatic heterocycles. The van der Waals surface area contributed by atoms with E-state index >= 15 is 0 Å². The van der Waals surface area contributed by atoms with E-state index < -0.39 is 31.4 Å². The topological polar surface area (TPSA) is 139 Å². The monoisotopic (exact) mass is 494 g/mol. The van der Waals surface area contributed by atoms with Gasteiger partial charge in [0.25, 0.3) is 20.2 Å². The van der Waals surface area contributed by atoms with E-state index in [4.69, 9.17) is 18.8 Å². The number of methoxy groups -OCH3 is 1. The van der Waals surface area contributed by atoms with Crippen LogP contribution in [0.4, 0.5) is 5.69 Å². The fraction of sp³-hybridized carbons (Fsp3) is 0.650. The lowest BCUT2D eigenvalue weighted by Gasteiger charge is -2.22. The zero-order valence-corrected chi connectivity index (χ0v) is 20.2. The lowest BCUT2D eigenvalue weighted by molar-refractivity contribution is -0.443. The first-order chi connectivity index (χ1) is 14.9. The van der Waals surface area contributed by atoms with Crippen molar-refractivity contribution in [2.45, 2.75) is 37.0 Å². The Morgan fingerprint density at radius 2 is 1.62 bits per heavy atom. The molecule has 0 aliphatic carbocycles. The van der Waals surface area contributed by atoms with Crippen molar-refractivity contribution in [2.75, 3.05) is 52.4 Å². The largest absolute Gasteiger partial charge is 0.382 e. The van der Waals surface area contributed by atoms with E-state index in [9.17, 15) is 21.4 Å². The highest BCUT2D eigenvalue weighted by Crippen LogP contribution is 2.43.